The molecule has 5 heteroatoms. The summed E-state index contributed by atoms with van der Waals surface area (Å²) in [5.74, 6) is -0.338. The van der Waals surface area contributed by atoms with Crippen molar-refractivity contribution in [3.05, 3.63) is 89.2 Å². The molecule has 0 saturated carbocycles. The molecule has 0 radical (unpaired) electrons. The van der Waals surface area contributed by atoms with Crippen molar-refractivity contribution in [1.29, 1.82) is 0 Å². The van der Waals surface area contributed by atoms with Crippen LogP contribution in [0.1, 0.15) is 28.4 Å². The van der Waals surface area contributed by atoms with Crippen LogP contribution in [0.25, 0.3) is 0 Å². The van der Waals surface area contributed by atoms with Crippen LogP contribution in [0.15, 0.2) is 66.9 Å². The number of pyridine rings is 1. The average molecular weight is 386 g/mol. The minimum atomic E-state index is -0.752. The number of amides is 2. The first-order chi connectivity index (χ1) is 13.9. The smallest absolute Gasteiger partial charge is 0.294 e. The zero-order valence-corrected chi connectivity index (χ0v) is 16.8. The highest BCUT2D eigenvalue weighted by Gasteiger charge is 2.43. The van der Waals surface area contributed by atoms with Gasteiger partial charge in [0.05, 0.1) is 0 Å². The number of nitrogens with zero attached hydrogens (tertiary/aromatic N) is 2. The molecule has 0 aliphatic carbocycles. The summed E-state index contributed by atoms with van der Waals surface area (Å²) in [5.41, 5.74) is 5.36. The number of fused-ring (bicyclic) bond motifs is 1. The third-order valence-corrected chi connectivity index (χ3v) is 5.22. The van der Waals surface area contributed by atoms with Crippen molar-refractivity contribution in [1.82, 2.24) is 0 Å². The quantitative estimate of drug-likeness (QED) is 0.699. The zero-order valence-electron chi connectivity index (χ0n) is 16.8. The van der Waals surface area contributed by atoms with Gasteiger partial charge in [0.25, 0.3) is 11.8 Å². The zero-order chi connectivity index (χ0) is 20.5. The van der Waals surface area contributed by atoms with Crippen molar-refractivity contribution in [3.8, 4) is 0 Å². The maximum Gasteiger partial charge on any atom is 0.294 e. The number of hydrogen-bond donors (Lipinski definition) is 1. The summed E-state index contributed by atoms with van der Waals surface area (Å²) in [5, 5.41) is 3.02. The van der Waals surface area contributed by atoms with Crippen LogP contribution >= 0.6 is 0 Å². The van der Waals surface area contributed by atoms with E-state index in [1.807, 2.05) is 86.1 Å². The van der Waals surface area contributed by atoms with Gasteiger partial charge in [-0.1, -0.05) is 30.3 Å². The Hall–Kier alpha value is -3.47. The van der Waals surface area contributed by atoms with Crippen molar-refractivity contribution in [2.24, 2.45) is 0 Å². The molecular formula is C24H24N3O2+. The highest BCUT2D eigenvalue weighted by molar-refractivity contribution is 6.05. The molecule has 1 atom stereocenters. The lowest BCUT2D eigenvalue weighted by molar-refractivity contribution is -0.695. The number of benzene rings is 2. The number of hydrogen-bond acceptors (Lipinski definition) is 2. The Kier molecular flexibility index (Phi) is 4.89. The van der Waals surface area contributed by atoms with Gasteiger partial charge in [0.15, 0.2) is 6.20 Å². The maximum absolute atomic E-state index is 13.5. The molecule has 5 nitrogen and oxygen atoms in total. The second-order valence-corrected chi connectivity index (χ2v) is 7.57. The predicted molar refractivity (Wildman–Crippen MR) is 113 cm³/mol. The standard InChI is InChI=1S/C24H23N3O2/c1-16-12-17(2)14-19(13-16)27-22(28)15-26-11-7-6-10-21(26)23(27)24(29)25-20-9-5-4-8-18(20)3/h4-14,23H,15H2,1-3H3/p+1/t23-/m1/s1. The van der Waals surface area contributed by atoms with Gasteiger partial charge in [-0.15, -0.1) is 0 Å². The molecule has 1 aliphatic rings. The first kappa shape index (κ1) is 18.9. The van der Waals surface area contributed by atoms with E-state index in [-0.39, 0.29) is 18.4 Å². The minimum Gasteiger partial charge on any atom is -0.324 e. The number of aromatic nitrogens is 1. The van der Waals surface area contributed by atoms with E-state index in [2.05, 4.69) is 11.4 Å². The van der Waals surface area contributed by atoms with Crippen LogP contribution in [0.4, 0.5) is 11.4 Å². The molecule has 0 fully saturated rings. The Labute approximate surface area is 170 Å². The summed E-state index contributed by atoms with van der Waals surface area (Å²) in [6, 6.07) is 18.5. The number of rotatable bonds is 3. The van der Waals surface area contributed by atoms with Gasteiger partial charge in [0.2, 0.25) is 18.3 Å². The van der Waals surface area contributed by atoms with Gasteiger partial charge in [0, 0.05) is 23.5 Å². The van der Waals surface area contributed by atoms with Gasteiger partial charge in [-0.3, -0.25) is 14.5 Å². The fourth-order valence-corrected chi connectivity index (χ4v) is 3.93. The Morgan fingerprint density at radius 2 is 1.69 bits per heavy atom. The van der Waals surface area contributed by atoms with E-state index in [0.29, 0.717) is 0 Å². The van der Waals surface area contributed by atoms with E-state index in [4.69, 9.17) is 0 Å². The lowest BCUT2D eigenvalue weighted by atomic mass is 10.0. The third kappa shape index (κ3) is 3.63. The molecule has 0 spiro atoms. The molecule has 0 bridgehead atoms. The van der Waals surface area contributed by atoms with Crippen molar-refractivity contribution in [2.45, 2.75) is 33.4 Å². The summed E-state index contributed by atoms with van der Waals surface area (Å²) in [6.07, 6.45) is 1.85. The Morgan fingerprint density at radius 3 is 2.41 bits per heavy atom. The Balaban J connectivity index is 1.81. The number of nitrogens with one attached hydrogen (secondary N) is 1. The summed E-state index contributed by atoms with van der Waals surface area (Å²) in [7, 11) is 0. The monoisotopic (exact) mass is 386 g/mol. The van der Waals surface area contributed by atoms with Crippen LogP contribution in [-0.4, -0.2) is 11.8 Å². The number of para-hydroxylation sites is 1. The third-order valence-electron chi connectivity index (χ3n) is 5.22. The van der Waals surface area contributed by atoms with Crippen LogP contribution in [0.3, 0.4) is 0 Å². The van der Waals surface area contributed by atoms with Crippen molar-refractivity contribution in [2.75, 3.05) is 10.2 Å². The van der Waals surface area contributed by atoms with Gasteiger partial charge in [-0.25, -0.2) is 0 Å². The lowest BCUT2D eigenvalue weighted by Gasteiger charge is -2.32. The summed E-state index contributed by atoms with van der Waals surface area (Å²) in [4.78, 5) is 28.2. The van der Waals surface area contributed by atoms with E-state index in [1.165, 1.54) is 0 Å². The van der Waals surface area contributed by atoms with E-state index in [0.717, 1.165) is 33.8 Å². The van der Waals surface area contributed by atoms with Crippen LogP contribution in [0, 0.1) is 20.8 Å². The van der Waals surface area contributed by atoms with E-state index >= 15 is 0 Å². The highest BCUT2D eigenvalue weighted by atomic mass is 16.2. The molecular weight excluding hydrogens is 362 g/mol. The van der Waals surface area contributed by atoms with Gasteiger partial charge in [0.1, 0.15) is 0 Å². The SMILES string of the molecule is Cc1cc(C)cc(N2C(=O)C[n+]3ccccc3[C@@H]2C(=O)Nc2ccccc2C)c1. The molecule has 1 aromatic heterocycles. The predicted octanol–water partition coefficient (Wildman–Crippen LogP) is 3.63. The molecule has 0 saturated heterocycles. The van der Waals surface area contributed by atoms with Crippen molar-refractivity contribution in [3.63, 3.8) is 0 Å². The number of carbonyl (C=O) groups excluding carboxylic acids is 2. The molecule has 1 aliphatic heterocycles. The van der Waals surface area contributed by atoms with E-state index in [9.17, 15) is 9.59 Å². The molecule has 2 aromatic carbocycles. The highest BCUT2D eigenvalue weighted by Crippen LogP contribution is 2.31. The summed E-state index contributed by atoms with van der Waals surface area (Å²) >= 11 is 0. The normalized spacial score (nSPS) is 15.8. The molecule has 0 unspecified atom stereocenters. The van der Waals surface area contributed by atoms with Gasteiger partial charge < -0.3 is 5.32 Å². The van der Waals surface area contributed by atoms with Crippen LogP contribution in [0.5, 0.6) is 0 Å². The first-order valence-corrected chi connectivity index (χ1v) is 9.69. The second kappa shape index (κ2) is 7.51. The molecule has 2 heterocycles. The Bertz CT molecular complexity index is 1090. The molecule has 1 N–H and O–H groups in total. The minimum absolute atomic E-state index is 0.108. The van der Waals surface area contributed by atoms with Crippen LogP contribution in [0.2, 0.25) is 0 Å². The van der Waals surface area contributed by atoms with Gasteiger partial charge in [-0.05, 0) is 55.7 Å². The van der Waals surface area contributed by atoms with Crippen LogP contribution < -0.4 is 14.8 Å². The maximum atomic E-state index is 13.5. The molecule has 2 amide bonds. The Morgan fingerprint density at radius 1 is 1.00 bits per heavy atom. The van der Waals surface area contributed by atoms with E-state index < -0.39 is 6.04 Å². The summed E-state index contributed by atoms with van der Waals surface area (Å²) in [6.45, 7) is 6.15. The van der Waals surface area contributed by atoms with Crippen LogP contribution in [-0.2, 0) is 16.1 Å². The number of anilines is 2. The fourth-order valence-electron chi connectivity index (χ4n) is 3.93. The lowest BCUT2D eigenvalue weighted by Crippen LogP contribution is -2.58. The van der Waals surface area contributed by atoms with Gasteiger partial charge >= 0.3 is 0 Å². The molecule has 3 aromatic rings. The largest absolute Gasteiger partial charge is 0.324 e. The summed E-state index contributed by atoms with van der Waals surface area (Å²) < 4.78 is 1.85. The van der Waals surface area contributed by atoms with Gasteiger partial charge in [-0.2, -0.15) is 4.57 Å². The van der Waals surface area contributed by atoms with Crippen molar-refractivity contribution < 1.29 is 14.2 Å². The molecule has 4 rings (SSSR count). The molecule has 146 valence electrons. The first-order valence-electron chi connectivity index (χ1n) is 9.69. The second-order valence-electron chi connectivity index (χ2n) is 7.57. The fraction of sp³-hybridized carbons (Fsp3) is 0.208. The average Bonchev–Trinajstić information content (AvgIpc) is 2.67. The number of aryl methyl sites for hydroxylation is 3. The topological polar surface area (TPSA) is 53.3 Å². The molecule has 29 heavy (non-hydrogen) atoms. The number of carbonyl (C=O) groups is 2. The van der Waals surface area contributed by atoms with E-state index in [1.54, 1.807) is 4.90 Å². The van der Waals surface area contributed by atoms with Crippen molar-refractivity contribution >= 4 is 23.2 Å².